The Morgan fingerprint density at radius 3 is 2.48 bits per heavy atom. The summed E-state index contributed by atoms with van der Waals surface area (Å²) >= 11 is 0. The number of methoxy groups -OCH3 is 1. The largest absolute Gasteiger partial charge is 0.497 e. The number of nitrogens with zero attached hydrogens (tertiary/aromatic N) is 1. The minimum Gasteiger partial charge on any atom is -0.497 e. The van der Waals surface area contributed by atoms with Gasteiger partial charge in [0.25, 0.3) is 0 Å². The van der Waals surface area contributed by atoms with E-state index in [-0.39, 0.29) is 10.9 Å². The molecule has 0 spiro atoms. The summed E-state index contributed by atoms with van der Waals surface area (Å²) in [5, 5.41) is 9.39. The highest BCUT2D eigenvalue weighted by atomic mass is 19.1. The molecule has 0 aliphatic rings. The van der Waals surface area contributed by atoms with Crippen molar-refractivity contribution in [3.63, 3.8) is 0 Å². The number of aromatic nitrogens is 1. The lowest BCUT2D eigenvalue weighted by atomic mass is 9.99. The molecule has 140 valence electrons. The van der Waals surface area contributed by atoms with Crippen molar-refractivity contribution < 1.29 is 19.0 Å². The van der Waals surface area contributed by atoms with Gasteiger partial charge in [-0.25, -0.2) is 9.18 Å². The number of hydrogen-bond donors (Lipinski definition) is 1. The quantitative estimate of drug-likeness (QED) is 0.749. The van der Waals surface area contributed by atoms with Crippen LogP contribution in [0.4, 0.5) is 4.39 Å². The highest BCUT2D eigenvalue weighted by molar-refractivity contribution is 5.94. The lowest BCUT2D eigenvalue weighted by Crippen LogP contribution is -2.27. The second-order valence-corrected chi connectivity index (χ2v) is 7.30. The molecule has 0 saturated carbocycles. The van der Waals surface area contributed by atoms with Crippen molar-refractivity contribution in [1.29, 1.82) is 0 Å². The van der Waals surface area contributed by atoms with Gasteiger partial charge in [-0.3, -0.25) is 4.79 Å². The van der Waals surface area contributed by atoms with Crippen LogP contribution >= 0.6 is 0 Å². The maximum atomic E-state index is 14.8. The summed E-state index contributed by atoms with van der Waals surface area (Å²) in [6, 6.07) is 9.65. The van der Waals surface area contributed by atoms with E-state index < -0.39 is 22.8 Å². The number of carbonyl (C=O) groups is 1. The van der Waals surface area contributed by atoms with Crippen molar-refractivity contribution >= 4 is 16.9 Å². The number of benzene rings is 2. The van der Waals surface area contributed by atoms with Crippen molar-refractivity contribution in [1.82, 2.24) is 4.57 Å². The van der Waals surface area contributed by atoms with E-state index in [1.807, 2.05) is 20.8 Å². The molecule has 6 heteroatoms. The van der Waals surface area contributed by atoms with Crippen LogP contribution in [-0.2, 0) is 5.54 Å². The molecule has 0 atom stereocenters. The SMILES string of the molecule is COc1cccc(-c2cc3c(cc2F)c(=O)c(C(=O)O)cn3C(C)(C)C)c1. The second kappa shape index (κ2) is 6.54. The summed E-state index contributed by atoms with van der Waals surface area (Å²) in [7, 11) is 1.53. The Bertz CT molecular complexity index is 1110. The van der Waals surface area contributed by atoms with Gasteiger partial charge < -0.3 is 14.4 Å². The Morgan fingerprint density at radius 2 is 1.89 bits per heavy atom. The van der Waals surface area contributed by atoms with Gasteiger partial charge in [0, 0.05) is 22.7 Å². The summed E-state index contributed by atoms with van der Waals surface area (Å²) in [5.74, 6) is -1.35. The Labute approximate surface area is 155 Å². The van der Waals surface area contributed by atoms with E-state index in [9.17, 15) is 19.1 Å². The van der Waals surface area contributed by atoms with Gasteiger partial charge >= 0.3 is 5.97 Å². The van der Waals surface area contributed by atoms with Gasteiger partial charge in [-0.1, -0.05) is 12.1 Å². The molecular weight excluding hydrogens is 349 g/mol. The van der Waals surface area contributed by atoms with Crippen molar-refractivity contribution in [3.05, 3.63) is 64.2 Å². The van der Waals surface area contributed by atoms with Crippen LogP contribution < -0.4 is 10.2 Å². The molecule has 3 rings (SSSR count). The predicted octanol–water partition coefficient (Wildman–Crippen LogP) is 4.27. The summed E-state index contributed by atoms with van der Waals surface area (Å²) in [6.45, 7) is 5.66. The van der Waals surface area contributed by atoms with Crippen LogP contribution in [0.15, 0.2) is 47.4 Å². The monoisotopic (exact) mass is 369 g/mol. The molecule has 1 N–H and O–H groups in total. The van der Waals surface area contributed by atoms with Crippen molar-refractivity contribution in [2.75, 3.05) is 7.11 Å². The van der Waals surface area contributed by atoms with E-state index in [1.165, 1.54) is 13.3 Å². The number of rotatable bonds is 3. The first-order valence-corrected chi connectivity index (χ1v) is 8.40. The highest BCUT2D eigenvalue weighted by Crippen LogP contribution is 2.31. The normalized spacial score (nSPS) is 11.6. The number of carboxylic acids is 1. The average Bonchev–Trinajstić information content (AvgIpc) is 2.60. The molecule has 0 fully saturated rings. The zero-order chi connectivity index (χ0) is 19.9. The molecule has 0 saturated heterocycles. The fraction of sp³-hybridized carbons (Fsp3) is 0.238. The van der Waals surface area contributed by atoms with Crippen LogP contribution in [0.25, 0.3) is 22.0 Å². The Balaban J connectivity index is 2.41. The topological polar surface area (TPSA) is 68.5 Å². The van der Waals surface area contributed by atoms with Gasteiger partial charge in [0.2, 0.25) is 5.43 Å². The summed E-state index contributed by atoms with van der Waals surface area (Å²) in [4.78, 5) is 24.0. The van der Waals surface area contributed by atoms with Gasteiger partial charge in [-0.05, 0) is 50.6 Å². The minimum absolute atomic E-state index is 0.0361. The molecule has 0 aliphatic heterocycles. The van der Waals surface area contributed by atoms with E-state index in [4.69, 9.17) is 4.74 Å². The first kappa shape index (κ1) is 18.6. The highest BCUT2D eigenvalue weighted by Gasteiger charge is 2.22. The molecule has 1 heterocycles. The second-order valence-electron chi connectivity index (χ2n) is 7.30. The average molecular weight is 369 g/mol. The number of hydrogen-bond acceptors (Lipinski definition) is 3. The van der Waals surface area contributed by atoms with Crippen molar-refractivity contribution in [3.8, 4) is 16.9 Å². The third kappa shape index (κ3) is 3.30. The number of fused-ring (bicyclic) bond motifs is 1. The van der Waals surface area contributed by atoms with E-state index >= 15 is 0 Å². The minimum atomic E-state index is -1.34. The first-order chi connectivity index (χ1) is 12.6. The van der Waals surface area contributed by atoms with Crippen LogP contribution in [0.1, 0.15) is 31.1 Å². The van der Waals surface area contributed by atoms with Crippen LogP contribution in [0, 0.1) is 5.82 Å². The fourth-order valence-electron chi connectivity index (χ4n) is 3.06. The number of carboxylic acid groups (broad SMARTS) is 1. The Kier molecular flexibility index (Phi) is 4.51. The van der Waals surface area contributed by atoms with Crippen LogP contribution in [-0.4, -0.2) is 22.8 Å². The molecule has 5 nitrogen and oxygen atoms in total. The van der Waals surface area contributed by atoms with Gasteiger partial charge in [0.1, 0.15) is 17.1 Å². The van der Waals surface area contributed by atoms with Gasteiger partial charge in [0.05, 0.1) is 12.6 Å². The predicted molar refractivity (Wildman–Crippen MR) is 102 cm³/mol. The van der Waals surface area contributed by atoms with E-state index in [0.29, 0.717) is 22.4 Å². The molecule has 0 amide bonds. The van der Waals surface area contributed by atoms with E-state index in [1.54, 1.807) is 34.9 Å². The zero-order valence-corrected chi connectivity index (χ0v) is 15.5. The van der Waals surface area contributed by atoms with Crippen molar-refractivity contribution in [2.24, 2.45) is 0 Å². The Hall–Kier alpha value is -3.15. The maximum Gasteiger partial charge on any atom is 0.341 e. The fourth-order valence-corrected chi connectivity index (χ4v) is 3.06. The van der Waals surface area contributed by atoms with Crippen LogP contribution in [0.3, 0.4) is 0 Å². The molecule has 3 aromatic rings. The molecule has 0 radical (unpaired) electrons. The number of pyridine rings is 1. The van der Waals surface area contributed by atoms with E-state index in [0.717, 1.165) is 6.07 Å². The molecule has 0 unspecified atom stereocenters. The lowest BCUT2D eigenvalue weighted by molar-refractivity contribution is 0.0694. The molecule has 27 heavy (non-hydrogen) atoms. The smallest absolute Gasteiger partial charge is 0.341 e. The number of ether oxygens (including phenoxy) is 1. The molecule has 1 aromatic heterocycles. The van der Waals surface area contributed by atoms with Gasteiger partial charge in [0.15, 0.2) is 0 Å². The third-order valence-electron chi connectivity index (χ3n) is 4.43. The standard InChI is InChI=1S/C21H20FNO4/c1-21(2,3)23-11-16(20(25)26)19(24)15-9-17(22)14(10-18(15)23)12-6-5-7-13(8-12)27-4/h5-11H,1-4H3,(H,25,26). The number of aromatic carboxylic acids is 1. The lowest BCUT2D eigenvalue weighted by Gasteiger charge is -2.26. The molecular formula is C21H20FNO4. The zero-order valence-electron chi connectivity index (χ0n) is 15.5. The van der Waals surface area contributed by atoms with Crippen LogP contribution in [0.2, 0.25) is 0 Å². The number of halogens is 1. The summed E-state index contributed by atoms with van der Waals surface area (Å²) in [6.07, 6.45) is 1.32. The maximum absolute atomic E-state index is 14.8. The summed E-state index contributed by atoms with van der Waals surface area (Å²) in [5.41, 5.74) is -0.220. The molecule has 2 aromatic carbocycles. The molecule has 0 aliphatic carbocycles. The first-order valence-electron chi connectivity index (χ1n) is 8.40. The van der Waals surface area contributed by atoms with Crippen LogP contribution in [0.5, 0.6) is 5.75 Å². The van der Waals surface area contributed by atoms with Gasteiger partial charge in [-0.2, -0.15) is 0 Å². The van der Waals surface area contributed by atoms with E-state index in [2.05, 4.69) is 0 Å². The third-order valence-corrected chi connectivity index (χ3v) is 4.43. The van der Waals surface area contributed by atoms with Gasteiger partial charge in [-0.15, -0.1) is 0 Å². The Morgan fingerprint density at radius 1 is 1.19 bits per heavy atom. The molecule has 0 bridgehead atoms. The van der Waals surface area contributed by atoms with Crippen molar-refractivity contribution in [2.45, 2.75) is 26.3 Å². The summed E-state index contributed by atoms with van der Waals surface area (Å²) < 4.78 is 21.7.